The monoisotopic (exact) mass is 375 g/mol. The molecular weight excluding hydrogens is 342 g/mol. The number of nitrogens with one attached hydrogen (secondary N) is 2. The number of benzene rings is 1. The van der Waals surface area contributed by atoms with Gasteiger partial charge in [-0.1, -0.05) is 27.2 Å². The molecule has 150 valence electrons. The highest BCUT2D eigenvalue weighted by Gasteiger charge is 2.35. The summed E-state index contributed by atoms with van der Waals surface area (Å²) >= 11 is 0. The Morgan fingerprint density at radius 1 is 1.15 bits per heavy atom. The molecule has 1 fully saturated rings. The third-order valence-corrected chi connectivity index (χ3v) is 5.52. The van der Waals surface area contributed by atoms with Gasteiger partial charge in [0.25, 0.3) is 0 Å². The molecule has 1 aromatic carbocycles. The summed E-state index contributed by atoms with van der Waals surface area (Å²) in [7, 11) is 1.56. The van der Waals surface area contributed by atoms with Gasteiger partial charge in [0.05, 0.1) is 24.5 Å². The molecule has 0 aliphatic heterocycles. The molecular formula is C21H33N3O3. The maximum atomic E-state index is 13.1. The summed E-state index contributed by atoms with van der Waals surface area (Å²) in [6.45, 7) is 8.19. The topological polar surface area (TPSA) is 93.5 Å². The molecule has 1 saturated carbocycles. The average Bonchev–Trinajstić information content (AvgIpc) is 2.62. The highest BCUT2D eigenvalue weighted by atomic mass is 16.5. The van der Waals surface area contributed by atoms with Gasteiger partial charge >= 0.3 is 0 Å². The molecule has 27 heavy (non-hydrogen) atoms. The van der Waals surface area contributed by atoms with Gasteiger partial charge in [-0.3, -0.25) is 9.59 Å². The van der Waals surface area contributed by atoms with E-state index >= 15 is 0 Å². The molecule has 0 heterocycles. The lowest BCUT2D eigenvalue weighted by molar-refractivity contribution is -0.124. The van der Waals surface area contributed by atoms with Gasteiger partial charge in [0, 0.05) is 12.0 Å². The summed E-state index contributed by atoms with van der Waals surface area (Å²) in [6, 6.07) is 4.56. The third kappa shape index (κ3) is 5.45. The number of hydrogen-bond donors (Lipinski definition) is 3. The van der Waals surface area contributed by atoms with Crippen LogP contribution >= 0.6 is 0 Å². The zero-order valence-corrected chi connectivity index (χ0v) is 17.0. The number of carbonyl (C=O) groups excluding carboxylic acids is 2. The van der Waals surface area contributed by atoms with Crippen molar-refractivity contribution in [1.29, 1.82) is 0 Å². The third-order valence-electron chi connectivity index (χ3n) is 5.52. The van der Waals surface area contributed by atoms with E-state index in [0.29, 0.717) is 34.9 Å². The zero-order valence-electron chi connectivity index (χ0n) is 17.0. The van der Waals surface area contributed by atoms with Crippen LogP contribution in [0.5, 0.6) is 5.75 Å². The van der Waals surface area contributed by atoms with Gasteiger partial charge in [-0.15, -0.1) is 0 Å². The summed E-state index contributed by atoms with van der Waals surface area (Å²) in [5, 5.41) is 5.81. The second-order valence-corrected chi connectivity index (χ2v) is 8.11. The lowest BCUT2D eigenvalue weighted by Gasteiger charge is -2.36. The van der Waals surface area contributed by atoms with Crippen LogP contribution in [0.25, 0.3) is 0 Å². The second kappa shape index (κ2) is 9.22. The predicted octanol–water partition coefficient (Wildman–Crippen LogP) is 3.63. The summed E-state index contributed by atoms with van der Waals surface area (Å²) in [6.07, 6.45) is 3.14. The number of nitrogens with two attached hydrogens (primary N) is 1. The molecule has 6 nitrogen and oxygen atoms in total. The summed E-state index contributed by atoms with van der Waals surface area (Å²) in [5.74, 6) is 1.66. The van der Waals surface area contributed by atoms with Gasteiger partial charge in [-0.05, 0) is 49.7 Å². The van der Waals surface area contributed by atoms with Gasteiger partial charge in [-0.2, -0.15) is 0 Å². The van der Waals surface area contributed by atoms with Crippen molar-refractivity contribution in [3.8, 4) is 5.75 Å². The minimum absolute atomic E-state index is 0.0155. The number of ether oxygens (including phenoxy) is 1. The quantitative estimate of drug-likeness (QED) is 0.708. The Kier molecular flexibility index (Phi) is 7.25. The van der Waals surface area contributed by atoms with Crippen LogP contribution in [0.2, 0.25) is 0 Å². The lowest BCUT2D eigenvalue weighted by atomic mass is 9.70. The van der Waals surface area contributed by atoms with Crippen molar-refractivity contribution in [2.75, 3.05) is 17.7 Å². The fourth-order valence-corrected chi connectivity index (χ4v) is 3.84. The fourth-order valence-electron chi connectivity index (χ4n) is 3.84. The Morgan fingerprint density at radius 3 is 2.44 bits per heavy atom. The van der Waals surface area contributed by atoms with E-state index in [9.17, 15) is 9.59 Å². The number of hydrogen-bond acceptors (Lipinski definition) is 4. The average molecular weight is 376 g/mol. The van der Waals surface area contributed by atoms with E-state index in [2.05, 4.69) is 31.4 Å². The van der Waals surface area contributed by atoms with Crippen molar-refractivity contribution < 1.29 is 14.3 Å². The van der Waals surface area contributed by atoms with Crippen molar-refractivity contribution in [3.05, 3.63) is 18.2 Å². The molecule has 0 aromatic heterocycles. The maximum absolute atomic E-state index is 13.1. The Labute approximate surface area is 162 Å². The molecule has 4 atom stereocenters. The minimum Gasteiger partial charge on any atom is -0.497 e. The molecule has 0 spiro atoms. The summed E-state index contributed by atoms with van der Waals surface area (Å²) < 4.78 is 5.24. The number of rotatable bonds is 6. The minimum atomic E-state index is -0.649. The predicted molar refractivity (Wildman–Crippen MR) is 109 cm³/mol. The highest BCUT2D eigenvalue weighted by molar-refractivity contribution is 6.02. The largest absolute Gasteiger partial charge is 0.497 e. The van der Waals surface area contributed by atoms with E-state index < -0.39 is 6.04 Å². The van der Waals surface area contributed by atoms with Crippen molar-refractivity contribution in [2.45, 2.75) is 53.0 Å². The number of amides is 2. The Balaban J connectivity index is 2.23. The SMILES string of the molecule is COc1ccc(NC(=O)[C@@H]2C[C@H](C)CC[C@H]2C(C)C)c(NC(=O)[C@@H](C)N)c1. The first-order chi connectivity index (χ1) is 12.7. The molecule has 2 rings (SSSR count). The summed E-state index contributed by atoms with van der Waals surface area (Å²) in [4.78, 5) is 25.1. The van der Waals surface area contributed by atoms with Crippen LogP contribution in [0.4, 0.5) is 11.4 Å². The summed E-state index contributed by atoms with van der Waals surface area (Å²) in [5.41, 5.74) is 6.72. The molecule has 2 amide bonds. The lowest BCUT2D eigenvalue weighted by Crippen LogP contribution is -2.37. The van der Waals surface area contributed by atoms with E-state index in [1.807, 2.05) is 0 Å². The van der Waals surface area contributed by atoms with Crippen molar-refractivity contribution in [3.63, 3.8) is 0 Å². The Morgan fingerprint density at radius 2 is 1.85 bits per heavy atom. The fraction of sp³-hybridized carbons (Fsp3) is 0.619. The van der Waals surface area contributed by atoms with Crippen LogP contribution in [0.1, 0.15) is 47.0 Å². The van der Waals surface area contributed by atoms with Crippen molar-refractivity contribution in [2.24, 2.45) is 29.4 Å². The maximum Gasteiger partial charge on any atom is 0.241 e. The van der Waals surface area contributed by atoms with Gasteiger partial charge in [-0.25, -0.2) is 0 Å². The molecule has 0 bridgehead atoms. The first-order valence-electron chi connectivity index (χ1n) is 9.78. The number of carbonyl (C=O) groups is 2. The van der Waals surface area contributed by atoms with Crippen LogP contribution < -0.4 is 21.1 Å². The molecule has 0 unspecified atom stereocenters. The van der Waals surface area contributed by atoms with Gasteiger partial charge in [0.2, 0.25) is 11.8 Å². The smallest absolute Gasteiger partial charge is 0.241 e. The number of anilines is 2. The standard InChI is InChI=1S/C21H33N3O3/c1-12(2)16-8-6-13(3)10-17(16)21(26)23-18-9-7-15(27-5)11-19(18)24-20(25)14(4)22/h7,9,11-14,16-17H,6,8,10,22H2,1-5H3,(H,23,26)(H,24,25)/t13-,14-,16+,17-/m1/s1. The van der Waals surface area contributed by atoms with Crippen molar-refractivity contribution >= 4 is 23.2 Å². The number of methoxy groups -OCH3 is 1. The van der Waals surface area contributed by atoms with Crippen LogP contribution in [0, 0.1) is 23.7 Å². The van der Waals surface area contributed by atoms with Crippen LogP contribution in [0.3, 0.4) is 0 Å². The molecule has 6 heteroatoms. The first kappa shape index (κ1) is 21.2. The second-order valence-electron chi connectivity index (χ2n) is 8.11. The van der Waals surface area contributed by atoms with Gasteiger partial charge in [0.15, 0.2) is 0 Å². The molecule has 1 aliphatic carbocycles. The zero-order chi connectivity index (χ0) is 20.1. The van der Waals surface area contributed by atoms with E-state index in [1.54, 1.807) is 32.2 Å². The molecule has 0 saturated heterocycles. The van der Waals surface area contributed by atoms with Crippen LogP contribution in [-0.4, -0.2) is 25.0 Å². The Bertz CT molecular complexity index is 673. The van der Waals surface area contributed by atoms with Crippen LogP contribution in [0.15, 0.2) is 18.2 Å². The molecule has 0 radical (unpaired) electrons. The Hall–Kier alpha value is -2.08. The molecule has 4 N–H and O–H groups in total. The van der Waals surface area contributed by atoms with Gasteiger partial charge in [0.1, 0.15) is 5.75 Å². The molecule has 1 aromatic rings. The normalized spacial score (nSPS) is 23.6. The first-order valence-corrected chi connectivity index (χ1v) is 9.78. The van der Waals surface area contributed by atoms with Gasteiger partial charge < -0.3 is 21.1 Å². The van der Waals surface area contributed by atoms with E-state index in [-0.39, 0.29) is 17.7 Å². The molecule has 1 aliphatic rings. The van der Waals surface area contributed by atoms with E-state index in [4.69, 9.17) is 10.5 Å². The van der Waals surface area contributed by atoms with E-state index in [1.165, 1.54) is 6.42 Å². The van der Waals surface area contributed by atoms with Crippen LogP contribution in [-0.2, 0) is 9.59 Å². The van der Waals surface area contributed by atoms with Crippen molar-refractivity contribution in [1.82, 2.24) is 0 Å². The van der Waals surface area contributed by atoms with E-state index in [0.717, 1.165) is 12.8 Å². The highest BCUT2D eigenvalue weighted by Crippen LogP contribution is 2.39.